The number of thiophene rings is 1. The molecule has 1 atom stereocenters. The van der Waals surface area contributed by atoms with Crippen LogP contribution in [0.1, 0.15) is 35.9 Å². The number of benzene rings is 2. The standard InChI is InChI=1S/C29H25BrN2O5S2/c1-4-36-28(34)25-17(2)31-29-32(26(25)23-6-5-13-38-23)27(33)24(39-29)15-19-9-12-21(22(14-19)35-3)37-16-18-7-10-20(30)11-8-18/h5-15,26H,4,16H2,1-3H3/b24-15-/t26-/m0/s1. The van der Waals surface area contributed by atoms with Gasteiger partial charge < -0.3 is 14.2 Å². The normalized spacial score (nSPS) is 15.1. The Kier molecular flexibility index (Phi) is 8.15. The van der Waals surface area contributed by atoms with Gasteiger partial charge in [-0.05, 0) is 66.8 Å². The Labute approximate surface area is 241 Å². The van der Waals surface area contributed by atoms with Crippen LogP contribution in [0.25, 0.3) is 6.08 Å². The second kappa shape index (κ2) is 11.7. The molecule has 1 aliphatic rings. The van der Waals surface area contributed by atoms with Gasteiger partial charge in [-0.1, -0.05) is 51.5 Å². The minimum atomic E-state index is -0.591. The number of esters is 1. The van der Waals surface area contributed by atoms with E-state index in [0.717, 1.165) is 20.5 Å². The third-order valence-corrected chi connectivity index (χ3v) is 8.56. The molecule has 5 rings (SSSR count). The molecule has 1 aliphatic heterocycles. The van der Waals surface area contributed by atoms with Gasteiger partial charge in [-0.25, -0.2) is 9.79 Å². The number of halogens is 1. The van der Waals surface area contributed by atoms with Crippen molar-refractivity contribution >= 4 is 50.6 Å². The van der Waals surface area contributed by atoms with E-state index < -0.39 is 12.0 Å². The van der Waals surface area contributed by atoms with Gasteiger partial charge in [0.1, 0.15) is 12.6 Å². The number of carbonyl (C=O) groups excluding carboxylic acids is 1. The first-order chi connectivity index (χ1) is 18.9. The molecule has 0 saturated heterocycles. The number of carbonyl (C=O) groups is 1. The van der Waals surface area contributed by atoms with Gasteiger partial charge in [0.05, 0.1) is 29.5 Å². The Morgan fingerprint density at radius 2 is 1.95 bits per heavy atom. The third-order valence-electron chi connectivity index (χ3n) is 6.12. The number of thiazole rings is 1. The van der Waals surface area contributed by atoms with Crippen molar-refractivity contribution in [1.82, 2.24) is 4.57 Å². The predicted molar refractivity (Wildman–Crippen MR) is 156 cm³/mol. The van der Waals surface area contributed by atoms with Crippen LogP contribution in [0.3, 0.4) is 0 Å². The molecule has 0 bridgehead atoms. The van der Waals surface area contributed by atoms with Crippen LogP contribution < -0.4 is 24.4 Å². The Hall–Kier alpha value is -3.47. The minimum Gasteiger partial charge on any atom is -0.493 e. The fourth-order valence-corrected chi connectivity index (χ4v) is 6.43. The summed E-state index contributed by atoms with van der Waals surface area (Å²) in [6.45, 7) is 4.17. The number of hydrogen-bond donors (Lipinski definition) is 0. The molecule has 39 heavy (non-hydrogen) atoms. The molecule has 3 heterocycles. The van der Waals surface area contributed by atoms with Crippen molar-refractivity contribution in [1.29, 1.82) is 0 Å². The number of nitrogens with zero attached hydrogens (tertiary/aromatic N) is 2. The second-order valence-corrected chi connectivity index (χ2v) is 11.5. The molecule has 0 aliphatic carbocycles. The first-order valence-corrected chi connectivity index (χ1v) is 14.7. The molecule has 0 N–H and O–H groups in total. The average molecular weight is 626 g/mol. The Morgan fingerprint density at radius 3 is 2.64 bits per heavy atom. The summed E-state index contributed by atoms with van der Waals surface area (Å²) in [5.41, 5.74) is 2.52. The van der Waals surface area contributed by atoms with Gasteiger partial charge in [0, 0.05) is 9.35 Å². The molecular formula is C29H25BrN2O5S2. The van der Waals surface area contributed by atoms with Crippen LogP contribution in [0.5, 0.6) is 11.5 Å². The summed E-state index contributed by atoms with van der Waals surface area (Å²) in [6, 6.07) is 16.7. The molecule has 200 valence electrons. The highest BCUT2D eigenvalue weighted by atomic mass is 79.9. The maximum absolute atomic E-state index is 13.7. The summed E-state index contributed by atoms with van der Waals surface area (Å²) >= 11 is 6.21. The molecule has 0 spiro atoms. The van der Waals surface area contributed by atoms with E-state index >= 15 is 0 Å². The smallest absolute Gasteiger partial charge is 0.338 e. The summed E-state index contributed by atoms with van der Waals surface area (Å²) in [5.74, 6) is 0.701. The Morgan fingerprint density at radius 1 is 1.15 bits per heavy atom. The highest BCUT2D eigenvalue weighted by Crippen LogP contribution is 2.33. The van der Waals surface area contributed by atoms with E-state index in [4.69, 9.17) is 14.2 Å². The van der Waals surface area contributed by atoms with Crippen molar-refractivity contribution in [2.75, 3.05) is 13.7 Å². The maximum atomic E-state index is 13.7. The second-order valence-electron chi connectivity index (χ2n) is 8.64. The van der Waals surface area contributed by atoms with Crippen molar-refractivity contribution in [2.24, 2.45) is 4.99 Å². The van der Waals surface area contributed by atoms with E-state index in [9.17, 15) is 9.59 Å². The molecule has 4 aromatic rings. The summed E-state index contributed by atoms with van der Waals surface area (Å²) < 4.78 is 20.0. The van der Waals surface area contributed by atoms with Crippen LogP contribution in [0, 0.1) is 0 Å². The monoisotopic (exact) mass is 624 g/mol. The van der Waals surface area contributed by atoms with Crippen LogP contribution in [0.15, 0.2) is 85.5 Å². The number of ether oxygens (including phenoxy) is 3. The maximum Gasteiger partial charge on any atom is 0.338 e. The molecule has 0 fully saturated rings. The van der Waals surface area contributed by atoms with Crippen LogP contribution >= 0.6 is 38.6 Å². The lowest BCUT2D eigenvalue weighted by atomic mass is 10.0. The summed E-state index contributed by atoms with van der Waals surface area (Å²) in [4.78, 5) is 32.7. The zero-order valence-corrected chi connectivity index (χ0v) is 24.7. The first-order valence-electron chi connectivity index (χ1n) is 12.2. The van der Waals surface area contributed by atoms with Gasteiger partial charge in [-0.15, -0.1) is 11.3 Å². The molecule has 2 aromatic heterocycles. The number of fused-ring (bicyclic) bond motifs is 1. The van der Waals surface area contributed by atoms with E-state index in [1.165, 1.54) is 22.7 Å². The van der Waals surface area contributed by atoms with Crippen LogP contribution in [-0.2, 0) is 16.1 Å². The molecule has 10 heteroatoms. The molecule has 0 unspecified atom stereocenters. The zero-order valence-electron chi connectivity index (χ0n) is 21.5. The SMILES string of the molecule is CCOC(=O)C1=C(C)N=c2s/c(=C\c3ccc(OCc4ccc(Br)cc4)c(OC)c3)c(=O)n2[C@H]1c1cccs1. The number of hydrogen-bond acceptors (Lipinski definition) is 8. The van der Waals surface area contributed by atoms with Crippen molar-refractivity contribution in [3.63, 3.8) is 0 Å². The van der Waals surface area contributed by atoms with Crippen LogP contribution in [0.2, 0.25) is 0 Å². The van der Waals surface area contributed by atoms with Gasteiger partial charge in [0.2, 0.25) is 0 Å². The first kappa shape index (κ1) is 27.1. The fourth-order valence-electron chi connectivity index (χ4n) is 4.29. The van der Waals surface area contributed by atoms with E-state index in [-0.39, 0.29) is 12.2 Å². The van der Waals surface area contributed by atoms with E-state index in [0.29, 0.717) is 38.7 Å². The minimum absolute atomic E-state index is 0.221. The van der Waals surface area contributed by atoms with E-state index in [1.807, 2.05) is 60.0 Å². The predicted octanol–water partition coefficient (Wildman–Crippen LogP) is 5.21. The zero-order chi connectivity index (χ0) is 27.5. The highest BCUT2D eigenvalue weighted by Gasteiger charge is 2.33. The number of allylic oxidation sites excluding steroid dienone is 1. The van der Waals surface area contributed by atoms with Gasteiger partial charge in [0.25, 0.3) is 5.56 Å². The van der Waals surface area contributed by atoms with Crippen molar-refractivity contribution in [3.05, 3.63) is 111 Å². The lowest BCUT2D eigenvalue weighted by Crippen LogP contribution is -2.39. The molecular weight excluding hydrogens is 600 g/mol. The lowest BCUT2D eigenvalue weighted by molar-refractivity contribution is -0.139. The van der Waals surface area contributed by atoms with E-state index in [1.54, 1.807) is 31.6 Å². The van der Waals surface area contributed by atoms with E-state index in [2.05, 4.69) is 20.9 Å². The molecule has 0 amide bonds. The van der Waals surface area contributed by atoms with Crippen molar-refractivity contribution < 1.29 is 19.0 Å². The number of methoxy groups -OCH3 is 1. The molecule has 0 radical (unpaired) electrons. The van der Waals surface area contributed by atoms with Gasteiger partial charge in [0.15, 0.2) is 16.3 Å². The molecule has 2 aromatic carbocycles. The summed E-state index contributed by atoms with van der Waals surface area (Å²) in [6.07, 6.45) is 1.81. The number of rotatable bonds is 8. The Bertz CT molecular complexity index is 1720. The molecule has 7 nitrogen and oxygen atoms in total. The van der Waals surface area contributed by atoms with Gasteiger partial charge in [-0.3, -0.25) is 9.36 Å². The Balaban J connectivity index is 1.51. The number of aromatic nitrogens is 1. The summed E-state index contributed by atoms with van der Waals surface area (Å²) in [5, 5.41) is 1.93. The van der Waals surface area contributed by atoms with Crippen LogP contribution in [-0.4, -0.2) is 24.3 Å². The largest absolute Gasteiger partial charge is 0.493 e. The highest BCUT2D eigenvalue weighted by molar-refractivity contribution is 9.10. The topological polar surface area (TPSA) is 79.1 Å². The van der Waals surface area contributed by atoms with Gasteiger partial charge in [-0.2, -0.15) is 0 Å². The average Bonchev–Trinajstić information content (AvgIpc) is 3.56. The molecule has 0 saturated carbocycles. The quantitative estimate of drug-likeness (QED) is 0.252. The van der Waals surface area contributed by atoms with Crippen molar-refractivity contribution in [3.8, 4) is 11.5 Å². The third kappa shape index (κ3) is 5.63. The van der Waals surface area contributed by atoms with Crippen molar-refractivity contribution in [2.45, 2.75) is 26.5 Å². The lowest BCUT2D eigenvalue weighted by Gasteiger charge is -2.23. The summed E-state index contributed by atoms with van der Waals surface area (Å²) in [7, 11) is 1.58. The van der Waals surface area contributed by atoms with Gasteiger partial charge >= 0.3 is 5.97 Å². The fraction of sp³-hybridized carbons (Fsp3) is 0.207. The van der Waals surface area contributed by atoms with Crippen LogP contribution in [0.4, 0.5) is 0 Å².